The Hall–Kier alpha value is -1.62. The quantitative estimate of drug-likeness (QED) is 0.747. The topological polar surface area (TPSA) is 75.3 Å². The Kier molecular flexibility index (Phi) is 4.67. The number of carbonyl (C=O) groups excluding carboxylic acids is 1. The number of rotatable bonds is 5. The van der Waals surface area contributed by atoms with Crippen molar-refractivity contribution in [3.05, 3.63) is 29.6 Å². The monoisotopic (exact) mass is 254 g/mol. The van der Waals surface area contributed by atoms with Gasteiger partial charge in [-0.15, -0.1) is 0 Å². The minimum atomic E-state index is -0.732. The zero-order valence-electron chi connectivity index (χ0n) is 10.7. The summed E-state index contributed by atoms with van der Waals surface area (Å²) in [6.45, 7) is 4.92. The van der Waals surface area contributed by atoms with E-state index in [1.807, 2.05) is 13.8 Å². The number of hydrogen-bond acceptors (Lipinski definition) is 3. The van der Waals surface area contributed by atoms with Gasteiger partial charge in [0.25, 0.3) is 5.91 Å². The van der Waals surface area contributed by atoms with Crippen LogP contribution in [-0.4, -0.2) is 24.1 Å². The molecule has 5 heteroatoms. The number of halogens is 1. The second-order valence-electron chi connectivity index (χ2n) is 5.05. The molecular weight excluding hydrogens is 235 g/mol. The molecule has 18 heavy (non-hydrogen) atoms. The largest absolute Gasteiger partial charge is 0.508 e. The minimum absolute atomic E-state index is 0.0728. The van der Waals surface area contributed by atoms with Gasteiger partial charge >= 0.3 is 0 Å². The molecule has 0 aliphatic heterocycles. The molecule has 1 aromatic rings. The third-order valence-electron chi connectivity index (χ3n) is 2.75. The zero-order valence-corrected chi connectivity index (χ0v) is 10.7. The zero-order chi connectivity index (χ0) is 13.8. The highest BCUT2D eigenvalue weighted by atomic mass is 19.1. The van der Waals surface area contributed by atoms with Gasteiger partial charge in [0.2, 0.25) is 0 Å². The predicted octanol–water partition coefficient (Wildman–Crippen LogP) is 1.64. The second kappa shape index (κ2) is 5.82. The first-order chi connectivity index (χ1) is 8.35. The summed E-state index contributed by atoms with van der Waals surface area (Å²) in [5.74, 6) is -1.42. The number of benzene rings is 1. The molecular formula is C13H19FN2O2. The molecule has 1 aromatic carbocycles. The first-order valence-electron chi connectivity index (χ1n) is 5.82. The van der Waals surface area contributed by atoms with Crippen LogP contribution in [0.25, 0.3) is 0 Å². The summed E-state index contributed by atoms with van der Waals surface area (Å²) in [6, 6.07) is 3.46. The van der Waals surface area contributed by atoms with E-state index in [4.69, 9.17) is 10.8 Å². The lowest BCUT2D eigenvalue weighted by molar-refractivity contribution is 0.0931. The average Bonchev–Trinajstić information content (AvgIpc) is 2.26. The number of phenolic OH excluding ortho intramolecular Hbond substituents is 1. The molecule has 4 nitrogen and oxygen atoms in total. The first kappa shape index (κ1) is 14.4. The van der Waals surface area contributed by atoms with Crippen molar-refractivity contribution in [1.82, 2.24) is 5.32 Å². The fraction of sp³-hybridized carbons (Fsp3) is 0.462. The van der Waals surface area contributed by atoms with Gasteiger partial charge in [0.1, 0.15) is 11.6 Å². The van der Waals surface area contributed by atoms with Gasteiger partial charge in [-0.2, -0.15) is 0 Å². The standard InChI is InChI=1S/C13H19FN2O2/c1-13(2,5-6-15)8-16-12(18)10-4-3-9(17)7-11(10)14/h3-4,7,17H,5-6,8,15H2,1-2H3,(H,16,18). The van der Waals surface area contributed by atoms with Crippen molar-refractivity contribution in [2.75, 3.05) is 13.1 Å². The van der Waals surface area contributed by atoms with E-state index in [-0.39, 0.29) is 16.7 Å². The van der Waals surface area contributed by atoms with Gasteiger partial charge in [-0.25, -0.2) is 4.39 Å². The molecule has 0 fully saturated rings. The molecule has 0 spiro atoms. The molecule has 0 aliphatic rings. The van der Waals surface area contributed by atoms with Crippen LogP contribution >= 0.6 is 0 Å². The molecule has 1 amide bonds. The van der Waals surface area contributed by atoms with E-state index in [2.05, 4.69) is 5.32 Å². The molecule has 0 radical (unpaired) electrons. The molecule has 4 N–H and O–H groups in total. The Bertz CT molecular complexity index is 433. The summed E-state index contributed by atoms with van der Waals surface area (Å²) in [6.07, 6.45) is 0.769. The Balaban J connectivity index is 2.66. The van der Waals surface area contributed by atoms with Crippen LogP contribution in [0.1, 0.15) is 30.6 Å². The van der Waals surface area contributed by atoms with Crippen LogP contribution in [0.4, 0.5) is 4.39 Å². The third kappa shape index (κ3) is 4.00. The van der Waals surface area contributed by atoms with Gasteiger partial charge < -0.3 is 16.2 Å². The van der Waals surface area contributed by atoms with Gasteiger partial charge in [-0.3, -0.25) is 4.79 Å². The molecule has 0 aliphatic carbocycles. The van der Waals surface area contributed by atoms with E-state index >= 15 is 0 Å². The molecule has 0 saturated heterocycles. The van der Waals surface area contributed by atoms with Gasteiger partial charge in [-0.05, 0) is 30.5 Å². The maximum absolute atomic E-state index is 13.4. The van der Waals surface area contributed by atoms with Crippen LogP contribution in [0.3, 0.4) is 0 Å². The van der Waals surface area contributed by atoms with Crippen LogP contribution < -0.4 is 11.1 Å². The van der Waals surface area contributed by atoms with E-state index < -0.39 is 11.7 Å². The Morgan fingerprint density at radius 1 is 1.50 bits per heavy atom. The summed E-state index contributed by atoms with van der Waals surface area (Å²) >= 11 is 0. The van der Waals surface area contributed by atoms with Gasteiger partial charge in [0.05, 0.1) is 5.56 Å². The van der Waals surface area contributed by atoms with Crippen molar-refractivity contribution in [1.29, 1.82) is 0 Å². The van der Waals surface area contributed by atoms with Crippen LogP contribution in [-0.2, 0) is 0 Å². The number of nitrogens with two attached hydrogens (primary N) is 1. The smallest absolute Gasteiger partial charge is 0.254 e. The van der Waals surface area contributed by atoms with Crippen LogP contribution in [0.2, 0.25) is 0 Å². The number of phenols is 1. The molecule has 0 saturated carbocycles. The maximum atomic E-state index is 13.4. The number of hydrogen-bond donors (Lipinski definition) is 3. The molecule has 0 aromatic heterocycles. The summed E-state index contributed by atoms with van der Waals surface area (Å²) in [5, 5.41) is 11.7. The van der Waals surface area contributed by atoms with E-state index in [0.717, 1.165) is 12.5 Å². The van der Waals surface area contributed by atoms with Crippen LogP contribution in [0.5, 0.6) is 5.75 Å². The lowest BCUT2D eigenvalue weighted by atomic mass is 9.89. The molecule has 0 heterocycles. The predicted molar refractivity (Wildman–Crippen MR) is 67.9 cm³/mol. The minimum Gasteiger partial charge on any atom is -0.508 e. The van der Waals surface area contributed by atoms with Crippen molar-refractivity contribution in [2.45, 2.75) is 20.3 Å². The van der Waals surface area contributed by atoms with Gasteiger partial charge in [-0.1, -0.05) is 13.8 Å². The fourth-order valence-corrected chi connectivity index (χ4v) is 1.58. The molecule has 0 bridgehead atoms. The SMILES string of the molecule is CC(C)(CCN)CNC(=O)c1ccc(O)cc1F. The molecule has 1 rings (SSSR count). The second-order valence-corrected chi connectivity index (χ2v) is 5.05. The van der Waals surface area contributed by atoms with Crippen LogP contribution in [0.15, 0.2) is 18.2 Å². The number of carbonyl (C=O) groups is 1. The third-order valence-corrected chi connectivity index (χ3v) is 2.75. The van der Waals surface area contributed by atoms with E-state index in [9.17, 15) is 9.18 Å². The maximum Gasteiger partial charge on any atom is 0.254 e. The average molecular weight is 254 g/mol. The highest BCUT2D eigenvalue weighted by molar-refractivity contribution is 5.94. The summed E-state index contributed by atoms with van der Waals surface area (Å²) in [5.41, 5.74) is 5.27. The van der Waals surface area contributed by atoms with Crippen molar-refractivity contribution in [2.24, 2.45) is 11.1 Å². The Morgan fingerprint density at radius 2 is 2.17 bits per heavy atom. The highest BCUT2D eigenvalue weighted by Gasteiger charge is 2.19. The number of aromatic hydroxyl groups is 1. The van der Waals surface area contributed by atoms with Crippen molar-refractivity contribution in [3.63, 3.8) is 0 Å². The highest BCUT2D eigenvalue weighted by Crippen LogP contribution is 2.19. The van der Waals surface area contributed by atoms with Crippen LogP contribution in [0, 0.1) is 11.2 Å². The van der Waals surface area contributed by atoms with Crippen molar-refractivity contribution in [3.8, 4) is 5.75 Å². The summed E-state index contributed by atoms with van der Waals surface area (Å²) < 4.78 is 13.4. The molecule has 0 unspecified atom stereocenters. The molecule has 100 valence electrons. The Morgan fingerprint density at radius 3 is 2.72 bits per heavy atom. The van der Waals surface area contributed by atoms with Gasteiger partial charge in [0.15, 0.2) is 0 Å². The van der Waals surface area contributed by atoms with Crippen molar-refractivity contribution >= 4 is 5.91 Å². The van der Waals surface area contributed by atoms with Crippen molar-refractivity contribution < 1.29 is 14.3 Å². The lowest BCUT2D eigenvalue weighted by Gasteiger charge is -2.24. The number of amides is 1. The number of nitrogens with one attached hydrogen (secondary N) is 1. The first-order valence-corrected chi connectivity index (χ1v) is 5.82. The summed E-state index contributed by atoms with van der Waals surface area (Å²) in [7, 11) is 0. The van der Waals surface area contributed by atoms with E-state index in [0.29, 0.717) is 13.1 Å². The summed E-state index contributed by atoms with van der Waals surface area (Å²) in [4.78, 5) is 11.8. The van der Waals surface area contributed by atoms with E-state index in [1.165, 1.54) is 12.1 Å². The Labute approximate surface area is 106 Å². The molecule has 0 atom stereocenters. The fourth-order valence-electron chi connectivity index (χ4n) is 1.58. The normalized spacial score (nSPS) is 11.3. The lowest BCUT2D eigenvalue weighted by Crippen LogP contribution is -2.35. The van der Waals surface area contributed by atoms with Gasteiger partial charge in [0, 0.05) is 12.6 Å². The van der Waals surface area contributed by atoms with E-state index in [1.54, 1.807) is 0 Å².